The number of carbonyl (C=O) groups is 1. The van der Waals surface area contributed by atoms with Gasteiger partial charge in [0.05, 0.1) is 11.4 Å². The summed E-state index contributed by atoms with van der Waals surface area (Å²) >= 11 is 1.39. The topological polar surface area (TPSA) is 94.1 Å². The Morgan fingerprint density at radius 2 is 1.86 bits per heavy atom. The fourth-order valence-corrected chi connectivity index (χ4v) is 8.10. The molecule has 1 unspecified atom stereocenters. The largest absolute Gasteiger partial charge is 0.480 e. The summed E-state index contributed by atoms with van der Waals surface area (Å²) in [5.74, 6) is -0.199. The molecule has 1 N–H and O–H groups in total. The number of hydrogen-bond acceptors (Lipinski definition) is 7. The van der Waals surface area contributed by atoms with Gasteiger partial charge in [0.2, 0.25) is 10.0 Å². The Balaban J connectivity index is 1.24. The highest BCUT2D eigenvalue weighted by molar-refractivity contribution is 7.89. The predicted molar refractivity (Wildman–Crippen MR) is 136 cm³/mol. The van der Waals surface area contributed by atoms with Gasteiger partial charge in [0.25, 0.3) is 0 Å². The number of pyridine rings is 1. The molecule has 0 radical (unpaired) electrons. The molecule has 4 heterocycles. The van der Waals surface area contributed by atoms with E-state index < -0.39 is 22.0 Å². The highest BCUT2D eigenvalue weighted by Gasteiger charge is 2.43. The number of aromatic nitrogens is 1. The summed E-state index contributed by atoms with van der Waals surface area (Å²) in [6.07, 6.45) is 2.02. The maximum Gasteiger partial charge on any atom is 0.322 e. The van der Waals surface area contributed by atoms with Crippen LogP contribution in [0, 0.1) is 0 Å². The third-order valence-electron chi connectivity index (χ3n) is 6.65. The highest BCUT2D eigenvalue weighted by atomic mass is 32.2. The van der Waals surface area contributed by atoms with Crippen molar-refractivity contribution in [2.75, 3.05) is 31.1 Å². The number of anilines is 1. The monoisotopic (exact) mass is 512 g/mol. The van der Waals surface area contributed by atoms with Crippen LogP contribution in [0.3, 0.4) is 0 Å². The second-order valence-corrected chi connectivity index (χ2v) is 11.9. The minimum atomic E-state index is -3.81. The van der Waals surface area contributed by atoms with Gasteiger partial charge in [-0.15, -0.1) is 11.3 Å². The van der Waals surface area contributed by atoms with E-state index in [9.17, 15) is 18.3 Å². The van der Waals surface area contributed by atoms with Gasteiger partial charge in [-0.25, -0.2) is 13.4 Å². The number of hydrogen-bond donors (Lipinski definition) is 1. The van der Waals surface area contributed by atoms with E-state index in [1.807, 2.05) is 18.2 Å². The number of aliphatic carboxylic acids is 1. The highest BCUT2D eigenvalue weighted by Crippen LogP contribution is 2.42. The van der Waals surface area contributed by atoms with E-state index in [4.69, 9.17) is 0 Å². The van der Waals surface area contributed by atoms with Gasteiger partial charge in [0.1, 0.15) is 11.9 Å². The van der Waals surface area contributed by atoms with Crippen molar-refractivity contribution in [1.82, 2.24) is 14.2 Å². The van der Waals surface area contributed by atoms with E-state index in [-0.39, 0.29) is 17.9 Å². The first kappa shape index (κ1) is 23.9. The van der Waals surface area contributed by atoms with Crippen LogP contribution in [0.1, 0.15) is 23.8 Å². The first-order chi connectivity index (χ1) is 16.9. The third kappa shape index (κ3) is 4.71. The summed E-state index contributed by atoms with van der Waals surface area (Å²) in [5, 5.41) is 9.41. The van der Waals surface area contributed by atoms with Crippen molar-refractivity contribution in [3.05, 3.63) is 65.2 Å². The van der Waals surface area contributed by atoms with Crippen molar-refractivity contribution >= 4 is 33.1 Å². The summed E-state index contributed by atoms with van der Waals surface area (Å²) in [5.41, 5.74) is 2.19. The molecule has 0 amide bonds. The number of sulfonamides is 1. The van der Waals surface area contributed by atoms with Crippen LogP contribution in [0.25, 0.3) is 10.4 Å². The lowest BCUT2D eigenvalue weighted by Gasteiger charge is -2.35. The van der Waals surface area contributed by atoms with Crippen LogP contribution >= 0.6 is 11.3 Å². The Morgan fingerprint density at radius 1 is 1.11 bits per heavy atom. The Labute approximate surface area is 209 Å². The lowest BCUT2D eigenvalue weighted by atomic mass is 10.2. The molecule has 0 bridgehead atoms. The number of benzene rings is 1. The molecule has 2 aromatic heterocycles. The van der Waals surface area contributed by atoms with Gasteiger partial charge in [-0.3, -0.25) is 9.69 Å². The predicted octanol–water partition coefficient (Wildman–Crippen LogP) is 3.50. The average Bonchev–Trinajstić information content (AvgIpc) is 3.39. The number of thiophene rings is 1. The van der Waals surface area contributed by atoms with Crippen LogP contribution in [0.4, 0.5) is 5.82 Å². The number of carboxylic acids is 1. The molecule has 8 nitrogen and oxygen atoms in total. The summed E-state index contributed by atoms with van der Waals surface area (Å²) in [6, 6.07) is 15.1. The number of fused-ring (bicyclic) bond motifs is 1. The first-order valence-corrected chi connectivity index (χ1v) is 14.0. The van der Waals surface area contributed by atoms with Crippen molar-refractivity contribution in [3.8, 4) is 10.4 Å². The molecule has 1 atom stereocenters. The molecule has 10 heteroatoms. The third-order valence-corrected chi connectivity index (χ3v) is 9.87. The second kappa shape index (κ2) is 9.69. The van der Waals surface area contributed by atoms with E-state index in [1.165, 1.54) is 16.9 Å². The van der Waals surface area contributed by atoms with Crippen LogP contribution in [-0.4, -0.2) is 65.9 Å². The maximum atomic E-state index is 13.0. The average molecular weight is 513 g/mol. The fraction of sp³-hybridized carbons (Fsp3) is 0.360. The van der Waals surface area contributed by atoms with Crippen molar-refractivity contribution < 1.29 is 18.3 Å². The molecule has 35 heavy (non-hydrogen) atoms. The maximum absolute atomic E-state index is 13.0. The van der Waals surface area contributed by atoms with Crippen LogP contribution < -0.4 is 4.90 Å². The van der Waals surface area contributed by atoms with Crippen molar-refractivity contribution in [1.29, 1.82) is 0 Å². The van der Waals surface area contributed by atoms with Crippen LogP contribution in [-0.2, 0) is 27.9 Å². The van der Waals surface area contributed by atoms with E-state index in [0.29, 0.717) is 4.88 Å². The van der Waals surface area contributed by atoms with Crippen LogP contribution in [0.2, 0.25) is 0 Å². The number of piperazine rings is 1. The molecule has 0 spiro atoms. The second-order valence-electron chi connectivity index (χ2n) is 8.86. The zero-order valence-corrected chi connectivity index (χ0v) is 21.1. The molecule has 1 saturated heterocycles. The molecule has 5 rings (SSSR count). The normalized spacial score (nSPS) is 18.9. The molecular formula is C25H28N4O4S2. The Bertz CT molecular complexity index is 1300. The number of nitrogens with zero attached hydrogens (tertiary/aromatic N) is 4. The molecule has 3 aromatic rings. The molecule has 1 fully saturated rings. The lowest BCUT2D eigenvalue weighted by Crippen LogP contribution is -2.46. The minimum absolute atomic E-state index is 0.103. The van der Waals surface area contributed by atoms with Crippen molar-refractivity contribution in [3.63, 3.8) is 0 Å². The van der Waals surface area contributed by atoms with Crippen molar-refractivity contribution in [2.45, 2.75) is 37.4 Å². The molecule has 0 saturated carbocycles. The zero-order valence-electron chi connectivity index (χ0n) is 19.5. The SMILES string of the molecule is CCC(C(=O)O)N1Cc2sc(-c3ccc(N4CCN(Cc5ccccc5)CC4)nc3)cc2S1(=O)=O. The number of rotatable bonds is 7. The van der Waals surface area contributed by atoms with Crippen molar-refractivity contribution in [2.24, 2.45) is 0 Å². The Hall–Kier alpha value is -2.79. The zero-order chi connectivity index (χ0) is 24.6. The lowest BCUT2D eigenvalue weighted by molar-refractivity contribution is -0.141. The fourth-order valence-electron chi connectivity index (χ4n) is 4.71. The molecule has 1 aromatic carbocycles. The van der Waals surface area contributed by atoms with Gasteiger partial charge in [-0.2, -0.15) is 4.31 Å². The molecule has 0 aliphatic carbocycles. The van der Waals surface area contributed by atoms with E-state index in [1.54, 1.807) is 19.2 Å². The van der Waals surface area contributed by atoms with Gasteiger partial charge in [0.15, 0.2) is 0 Å². The quantitative estimate of drug-likeness (QED) is 0.518. The van der Waals surface area contributed by atoms with Crippen LogP contribution in [0.5, 0.6) is 0 Å². The smallest absolute Gasteiger partial charge is 0.322 e. The standard InChI is InChI=1S/C25H28N4O4S2/c1-2-20(25(30)31)29-17-22-23(35(29,32)33)14-21(34-22)19-8-9-24(26-15-19)28-12-10-27(11-13-28)16-18-6-4-3-5-7-18/h3-9,14-15,20H,2,10-13,16-17H2,1H3,(H,30,31). The molecule has 2 aliphatic heterocycles. The summed E-state index contributed by atoms with van der Waals surface area (Å²) in [4.78, 5) is 22.6. The Morgan fingerprint density at radius 3 is 2.46 bits per heavy atom. The summed E-state index contributed by atoms with van der Waals surface area (Å²) < 4.78 is 27.1. The van der Waals surface area contributed by atoms with Gasteiger partial charge in [0, 0.05) is 54.2 Å². The molecule has 184 valence electrons. The first-order valence-electron chi connectivity index (χ1n) is 11.7. The summed E-state index contributed by atoms with van der Waals surface area (Å²) in [6.45, 7) is 6.49. The Kier molecular flexibility index (Phi) is 6.63. The summed E-state index contributed by atoms with van der Waals surface area (Å²) in [7, 11) is -3.81. The van der Waals surface area contributed by atoms with Crippen LogP contribution in [0.15, 0.2) is 59.6 Å². The minimum Gasteiger partial charge on any atom is -0.480 e. The van der Waals surface area contributed by atoms with E-state index in [0.717, 1.165) is 53.3 Å². The van der Waals surface area contributed by atoms with Gasteiger partial charge in [-0.05, 0) is 30.2 Å². The van der Waals surface area contributed by atoms with Gasteiger partial charge < -0.3 is 10.0 Å². The molecular weight excluding hydrogens is 484 g/mol. The molecule has 2 aliphatic rings. The van der Waals surface area contributed by atoms with Gasteiger partial charge >= 0.3 is 5.97 Å². The van der Waals surface area contributed by atoms with E-state index in [2.05, 4.69) is 39.0 Å². The van der Waals surface area contributed by atoms with Gasteiger partial charge in [-0.1, -0.05) is 37.3 Å². The van der Waals surface area contributed by atoms with E-state index >= 15 is 0 Å². The number of carboxylic acid groups (broad SMARTS) is 1.